The summed E-state index contributed by atoms with van der Waals surface area (Å²) < 4.78 is 10.7. The quantitative estimate of drug-likeness (QED) is 0.514. The Morgan fingerprint density at radius 1 is 1.67 bits per heavy atom. The van der Waals surface area contributed by atoms with Crippen molar-refractivity contribution >= 4 is 17.2 Å². The molecule has 4 heteroatoms. The van der Waals surface area contributed by atoms with Gasteiger partial charge in [0, 0.05) is 13.0 Å². The molecule has 1 heterocycles. The van der Waals surface area contributed by atoms with Gasteiger partial charge >= 0.3 is 0 Å². The van der Waals surface area contributed by atoms with E-state index in [1.807, 2.05) is 0 Å². The van der Waals surface area contributed by atoms with Crippen molar-refractivity contribution in [2.75, 3.05) is 19.8 Å². The van der Waals surface area contributed by atoms with Crippen molar-refractivity contribution in [3.8, 4) is 0 Å². The van der Waals surface area contributed by atoms with E-state index in [0.717, 1.165) is 19.4 Å². The summed E-state index contributed by atoms with van der Waals surface area (Å²) in [5.74, 6) is 0. The Morgan fingerprint density at radius 3 is 3.08 bits per heavy atom. The number of thiocarbonyl (C=S) groups is 1. The molecule has 0 bridgehead atoms. The van der Waals surface area contributed by atoms with E-state index >= 15 is 0 Å². The summed E-state index contributed by atoms with van der Waals surface area (Å²) >= 11 is 4.71. The third kappa shape index (κ3) is 3.99. The van der Waals surface area contributed by atoms with Crippen LogP contribution in [0.4, 0.5) is 0 Å². The highest BCUT2D eigenvalue weighted by Crippen LogP contribution is 2.11. The fraction of sp³-hybridized carbons (Fsp3) is 0.875. The Balaban J connectivity index is 1.91. The Kier molecular flexibility index (Phi) is 4.50. The van der Waals surface area contributed by atoms with E-state index in [1.54, 1.807) is 0 Å². The molecule has 0 amide bonds. The number of nitrogens with two attached hydrogens (primary N) is 1. The SMILES string of the molecule is NC(=S)CCOC[C@@H]1CCCO1. The third-order valence-corrected chi connectivity index (χ3v) is 2.02. The number of rotatable bonds is 5. The van der Waals surface area contributed by atoms with Gasteiger partial charge in [0.25, 0.3) is 0 Å². The monoisotopic (exact) mass is 189 g/mol. The highest BCUT2D eigenvalue weighted by Gasteiger charge is 2.14. The normalized spacial score (nSPS) is 22.8. The molecule has 0 aromatic heterocycles. The second-order valence-corrected chi connectivity index (χ2v) is 3.45. The molecule has 1 rings (SSSR count). The summed E-state index contributed by atoms with van der Waals surface area (Å²) in [7, 11) is 0. The van der Waals surface area contributed by atoms with E-state index in [9.17, 15) is 0 Å². The highest BCUT2D eigenvalue weighted by molar-refractivity contribution is 7.80. The van der Waals surface area contributed by atoms with Crippen molar-refractivity contribution in [2.45, 2.75) is 25.4 Å². The minimum absolute atomic E-state index is 0.302. The number of ether oxygens (including phenoxy) is 2. The van der Waals surface area contributed by atoms with E-state index in [2.05, 4.69) is 0 Å². The van der Waals surface area contributed by atoms with Crippen LogP contribution < -0.4 is 5.73 Å². The van der Waals surface area contributed by atoms with Gasteiger partial charge in [-0.2, -0.15) is 0 Å². The molecule has 0 spiro atoms. The molecule has 0 saturated carbocycles. The maximum Gasteiger partial charge on any atom is 0.0809 e. The minimum Gasteiger partial charge on any atom is -0.393 e. The Morgan fingerprint density at radius 2 is 2.50 bits per heavy atom. The van der Waals surface area contributed by atoms with E-state index in [4.69, 9.17) is 27.4 Å². The van der Waals surface area contributed by atoms with Gasteiger partial charge in [0.1, 0.15) is 0 Å². The van der Waals surface area contributed by atoms with Gasteiger partial charge in [-0.3, -0.25) is 0 Å². The first kappa shape index (κ1) is 9.89. The summed E-state index contributed by atoms with van der Waals surface area (Å²) in [4.78, 5) is 0.516. The molecule has 0 unspecified atom stereocenters. The van der Waals surface area contributed by atoms with Crippen molar-refractivity contribution in [1.82, 2.24) is 0 Å². The molecule has 1 atom stereocenters. The third-order valence-electron chi connectivity index (χ3n) is 1.82. The minimum atomic E-state index is 0.302. The zero-order chi connectivity index (χ0) is 8.81. The van der Waals surface area contributed by atoms with Crippen molar-refractivity contribution in [3.05, 3.63) is 0 Å². The summed E-state index contributed by atoms with van der Waals surface area (Å²) in [5, 5.41) is 0. The second kappa shape index (κ2) is 5.45. The van der Waals surface area contributed by atoms with Crippen LogP contribution in [0, 0.1) is 0 Å². The predicted molar refractivity (Wildman–Crippen MR) is 51.2 cm³/mol. The molecule has 1 saturated heterocycles. The molecule has 12 heavy (non-hydrogen) atoms. The van der Waals surface area contributed by atoms with E-state index in [-0.39, 0.29) is 0 Å². The fourth-order valence-electron chi connectivity index (χ4n) is 1.16. The Labute approximate surface area is 78.2 Å². The van der Waals surface area contributed by atoms with Crippen LogP contribution >= 0.6 is 12.2 Å². The van der Waals surface area contributed by atoms with Crippen molar-refractivity contribution < 1.29 is 9.47 Å². The van der Waals surface area contributed by atoms with Gasteiger partial charge in [-0.1, -0.05) is 12.2 Å². The largest absolute Gasteiger partial charge is 0.393 e. The number of hydrogen-bond donors (Lipinski definition) is 1. The van der Waals surface area contributed by atoms with Gasteiger partial charge in [-0.25, -0.2) is 0 Å². The van der Waals surface area contributed by atoms with Crippen LogP contribution in [-0.4, -0.2) is 30.9 Å². The molecule has 2 N–H and O–H groups in total. The van der Waals surface area contributed by atoms with Gasteiger partial charge < -0.3 is 15.2 Å². The van der Waals surface area contributed by atoms with Crippen LogP contribution in [0.2, 0.25) is 0 Å². The molecular weight excluding hydrogens is 174 g/mol. The summed E-state index contributed by atoms with van der Waals surface area (Å²) in [6, 6.07) is 0. The molecule has 1 aliphatic heterocycles. The zero-order valence-corrected chi connectivity index (χ0v) is 7.94. The van der Waals surface area contributed by atoms with E-state index in [0.29, 0.717) is 30.7 Å². The standard InChI is InChI=1S/C8H15NO2S/c9-8(12)3-5-10-6-7-2-1-4-11-7/h7H,1-6H2,(H2,9,12)/t7-/m0/s1. The van der Waals surface area contributed by atoms with Gasteiger partial charge in [0.05, 0.1) is 24.3 Å². The van der Waals surface area contributed by atoms with Crippen LogP contribution in [0.5, 0.6) is 0 Å². The lowest BCUT2D eigenvalue weighted by molar-refractivity contribution is 0.0196. The van der Waals surface area contributed by atoms with Crippen molar-refractivity contribution in [1.29, 1.82) is 0 Å². The van der Waals surface area contributed by atoms with Gasteiger partial charge in [0.2, 0.25) is 0 Å². The fourth-order valence-corrected chi connectivity index (χ4v) is 1.25. The average molecular weight is 189 g/mol. The molecule has 0 aromatic carbocycles. The Bertz CT molecular complexity index is 146. The molecule has 0 aliphatic carbocycles. The molecular formula is C8H15NO2S. The van der Waals surface area contributed by atoms with Gasteiger partial charge in [-0.15, -0.1) is 0 Å². The van der Waals surface area contributed by atoms with Crippen LogP contribution in [-0.2, 0) is 9.47 Å². The maximum absolute atomic E-state index is 5.37. The van der Waals surface area contributed by atoms with Crippen LogP contribution in [0.15, 0.2) is 0 Å². The summed E-state index contributed by atoms with van der Waals surface area (Å²) in [5.41, 5.74) is 5.31. The first-order chi connectivity index (χ1) is 5.79. The molecule has 3 nitrogen and oxygen atoms in total. The van der Waals surface area contributed by atoms with E-state index < -0.39 is 0 Å². The first-order valence-corrected chi connectivity index (χ1v) is 4.67. The molecule has 0 radical (unpaired) electrons. The topological polar surface area (TPSA) is 44.5 Å². The lowest BCUT2D eigenvalue weighted by atomic mass is 10.2. The zero-order valence-electron chi connectivity index (χ0n) is 7.12. The molecule has 0 aromatic rings. The number of hydrogen-bond acceptors (Lipinski definition) is 3. The van der Waals surface area contributed by atoms with Gasteiger partial charge in [0.15, 0.2) is 0 Å². The Hall–Kier alpha value is -0.190. The van der Waals surface area contributed by atoms with Crippen LogP contribution in [0.1, 0.15) is 19.3 Å². The smallest absolute Gasteiger partial charge is 0.0809 e. The van der Waals surface area contributed by atoms with Crippen molar-refractivity contribution in [3.63, 3.8) is 0 Å². The molecule has 1 fully saturated rings. The highest BCUT2D eigenvalue weighted by atomic mass is 32.1. The summed E-state index contributed by atoms with van der Waals surface area (Å²) in [6.45, 7) is 2.18. The first-order valence-electron chi connectivity index (χ1n) is 4.26. The molecule has 1 aliphatic rings. The van der Waals surface area contributed by atoms with Crippen LogP contribution in [0.25, 0.3) is 0 Å². The predicted octanol–water partition coefficient (Wildman–Crippen LogP) is 0.858. The lowest BCUT2D eigenvalue weighted by Gasteiger charge is -2.09. The van der Waals surface area contributed by atoms with E-state index in [1.165, 1.54) is 0 Å². The maximum atomic E-state index is 5.37. The summed E-state index contributed by atoms with van der Waals surface area (Å²) in [6.07, 6.45) is 3.25. The average Bonchev–Trinajstić information content (AvgIpc) is 2.49. The molecule has 70 valence electrons. The second-order valence-electron chi connectivity index (χ2n) is 2.93. The van der Waals surface area contributed by atoms with Crippen molar-refractivity contribution in [2.24, 2.45) is 5.73 Å². The van der Waals surface area contributed by atoms with Gasteiger partial charge in [-0.05, 0) is 12.8 Å². The lowest BCUT2D eigenvalue weighted by Crippen LogP contribution is -2.17. The van der Waals surface area contributed by atoms with Crippen LogP contribution in [0.3, 0.4) is 0 Å².